The molecule has 1 aliphatic carbocycles. The van der Waals surface area contributed by atoms with Crippen LogP contribution in [0.5, 0.6) is 0 Å². The van der Waals surface area contributed by atoms with Crippen LogP contribution in [0.2, 0.25) is 0 Å². The van der Waals surface area contributed by atoms with Crippen LogP contribution in [0.25, 0.3) is 0 Å². The summed E-state index contributed by atoms with van der Waals surface area (Å²) in [6.45, 7) is 2.96. The third-order valence-corrected chi connectivity index (χ3v) is 4.92. The first-order valence-corrected chi connectivity index (χ1v) is 8.66. The van der Waals surface area contributed by atoms with Gasteiger partial charge in [0.05, 0.1) is 5.60 Å². The van der Waals surface area contributed by atoms with Gasteiger partial charge < -0.3 is 10.1 Å². The minimum Gasteiger partial charge on any atom is -0.374 e. The van der Waals surface area contributed by atoms with E-state index in [4.69, 9.17) is 4.74 Å². The standard InChI is InChI=1S/C19H31NO/c1-3-21-19(15-8-5-9-16-19)18(20-2)14-10-13-17-11-6-4-7-12-17/h4,6-7,11-12,18,20H,3,5,8-10,13-16H2,1-2H3. The van der Waals surface area contributed by atoms with Crippen LogP contribution >= 0.6 is 0 Å². The summed E-state index contributed by atoms with van der Waals surface area (Å²) in [5.74, 6) is 0. The number of rotatable bonds is 8. The monoisotopic (exact) mass is 289 g/mol. The van der Waals surface area contributed by atoms with Gasteiger partial charge in [0.25, 0.3) is 0 Å². The number of ether oxygens (including phenoxy) is 1. The van der Waals surface area contributed by atoms with E-state index in [0.717, 1.165) is 6.61 Å². The second-order valence-corrected chi connectivity index (χ2v) is 6.28. The number of benzene rings is 1. The number of aryl methyl sites for hydroxylation is 1. The highest BCUT2D eigenvalue weighted by Gasteiger charge is 2.39. The Bertz CT molecular complexity index is 378. The molecular formula is C19H31NO. The summed E-state index contributed by atoms with van der Waals surface area (Å²) in [4.78, 5) is 0. The van der Waals surface area contributed by atoms with Gasteiger partial charge in [-0.15, -0.1) is 0 Å². The van der Waals surface area contributed by atoms with E-state index in [0.29, 0.717) is 6.04 Å². The van der Waals surface area contributed by atoms with Gasteiger partial charge in [0.15, 0.2) is 0 Å². The average Bonchev–Trinajstić information content (AvgIpc) is 2.54. The van der Waals surface area contributed by atoms with Crippen LogP contribution in [0.1, 0.15) is 57.4 Å². The van der Waals surface area contributed by atoms with E-state index in [1.54, 1.807) is 0 Å². The molecule has 1 atom stereocenters. The lowest BCUT2D eigenvalue weighted by molar-refractivity contribution is -0.0903. The van der Waals surface area contributed by atoms with Crippen LogP contribution in [0.3, 0.4) is 0 Å². The molecule has 0 heterocycles. The maximum absolute atomic E-state index is 6.26. The molecule has 2 heteroatoms. The van der Waals surface area contributed by atoms with Gasteiger partial charge in [0.1, 0.15) is 0 Å². The Balaban J connectivity index is 1.90. The van der Waals surface area contributed by atoms with Crippen LogP contribution < -0.4 is 5.32 Å². The highest BCUT2D eigenvalue weighted by Crippen LogP contribution is 2.36. The Labute approximate surface area is 130 Å². The lowest BCUT2D eigenvalue weighted by Gasteiger charge is -2.43. The second kappa shape index (κ2) is 8.55. The maximum Gasteiger partial charge on any atom is 0.0834 e. The molecule has 1 aromatic rings. The molecule has 0 saturated heterocycles. The van der Waals surface area contributed by atoms with Crippen molar-refractivity contribution in [1.82, 2.24) is 5.32 Å². The van der Waals surface area contributed by atoms with Gasteiger partial charge in [0.2, 0.25) is 0 Å². The Morgan fingerprint density at radius 2 is 1.86 bits per heavy atom. The van der Waals surface area contributed by atoms with Crippen molar-refractivity contribution in [3.05, 3.63) is 35.9 Å². The summed E-state index contributed by atoms with van der Waals surface area (Å²) in [6.07, 6.45) is 10.0. The Hall–Kier alpha value is -0.860. The van der Waals surface area contributed by atoms with Crippen molar-refractivity contribution in [2.75, 3.05) is 13.7 Å². The molecule has 118 valence electrons. The van der Waals surface area contributed by atoms with Crippen molar-refractivity contribution >= 4 is 0 Å². The summed E-state index contributed by atoms with van der Waals surface area (Å²) in [5.41, 5.74) is 1.53. The second-order valence-electron chi connectivity index (χ2n) is 6.28. The van der Waals surface area contributed by atoms with E-state index >= 15 is 0 Å². The van der Waals surface area contributed by atoms with Crippen LogP contribution in [-0.4, -0.2) is 25.3 Å². The molecule has 1 fully saturated rings. The number of hydrogen-bond acceptors (Lipinski definition) is 2. The minimum absolute atomic E-state index is 0.0818. The Kier molecular flexibility index (Phi) is 6.72. The summed E-state index contributed by atoms with van der Waals surface area (Å²) in [7, 11) is 2.10. The van der Waals surface area contributed by atoms with E-state index in [9.17, 15) is 0 Å². The zero-order valence-electron chi connectivity index (χ0n) is 13.7. The summed E-state index contributed by atoms with van der Waals surface area (Å²) >= 11 is 0. The molecular weight excluding hydrogens is 258 g/mol. The first-order chi connectivity index (χ1) is 10.3. The van der Waals surface area contributed by atoms with Gasteiger partial charge in [-0.1, -0.05) is 49.6 Å². The molecule has 0 aliphatic heterocycles. The molecule has 0 radical (unpaired) electrons. The predicted octanol–water partition coefficient (Wildman–Crippen LogP) is 4.34. The number of nitrogens with one attached hydrogen (secondary N) is 1. The van der Waals surface area contributed by atoms with Crippen molar-refractivity contribution in [2.45, 2.75) is 69.9 Å². The van der Waals surface area contributed by atoms with Gasteiger partial charge in [-0.3, -0.25) is 0 Å². The van der Waals surface area contributed by atoms with Crippen molar-refractivity contribution in [3.8, 4) is 0 Å². The summed E-state index contributed by atoms with van der Waals surface area (Å²) in [6, 6.07) is 11.3. The lowest BCUT2D eigenvalue weighted by Crippen LogP contribution is -2.52. The highest BCUT2D eigenvalue weighted by atomic mass is 16.5. The average molecular weight is 289 g/mol. The summed E-state index contributed by atoms with van der Waals surface area (Å²) < 4.78 is 6.26. The largest absolute Gasteiger partial charge is 0.374 e. The normalized spacial score (nSPS) is 19.3. The predicted molar refractivity (Wildman–Crippen MR) is 89.7 cm³/mol. The highest BCUT2D eigenvalue weighted by molar-refractivity contribution is 5.14. The Morgan fingerprint density at radius 1 is 1.14 bits per heavy atom. The smallest absolute Gasteiger partial charge is 0.0834 e. The fraction of sp³-hybridized carbons (Fsp3) is 0.684. The van der Waals surface area contributed by atoms with E-state index in [1.165, 1.54) is 56.9 Å². The summed E-state index contributed by atoms with van der Waals surface area (Å²) in [5, 5.41) is 3.56. The SMILES string of the molecule is CCOC1(C(CCCc2ccccc2)NC)CCCCC1. The molecule has 1 aromatic carbocycles. The van der Waals surface area contributed by atoms with Crippen molar-refractivity contribution in [2.24, 2.45) is 0 Å². The van der Waals surface area contributed by atoms with Crippen molar-refractivity contribution in [1.29, 1.82) is 0 Å². The first-order valence-electron chi connectivity index (χ1n) is 8.66. The molecule has 0 aromatic heterocycles. The zero-order valence-corrected chi connectivity index (χ0v) is 13.7. The van der Waals surface area contributed by atoms with E-state index in [1.807, 2.05) is 0 Å². The van der Waals surface area contributed by atoms with Gasteiger partial charge in [-0.25, -0.2) is 0 Å². The van der Waals surface area contributed by atoms with Crippen molar-refractivity contribution < 1.29 is 4.74 Å². The van der Waals surface area contributed by atoms with Crippen LogP contribution in [0.4, 0.5) is 0 Å². The molecule has 0 spiro atoms. The molecule has 0 bridgehead atoms. The Morgan fingerprint density at radius 3 is 2.48 bits per heavy atom. The van der Waals surface area contributed by atoms with Gasteiger partial charge in [0, 0.05) is 12.6 Å². The molecule has 1 saturated carbocycles. The van der Waals surface area contributed by atoms with Crippen molar-refractivity contribution in [3.63, 3.8) is 0 Å². The maximum atomic E-state index is 6.26. The molecule has 1 unspecified atom stereocenters. The molecule has 2 nitrogen and oxygen atoms in total. The molecule has 21 heavy (non-hydrogen) atoms. The fourth-order valence-electron chi connectivity index (χ4n) is 3.86. The first kappa shape index (κ1) is 16.5. The molecule has 1 N–H and O–H groups in total. The lowest BCUT2D eigenvalue weighted by atomic mass is 9.77. The zero-order chi connectivity index (χ0) is 15.0. The minimum atomic E-state index is 0.0818. The van der Waals surface area contributed by atoms with E-state index in [2.05, 4.69) is 49.6 Å². The molecule has 2 rings (SSSR count). The van der Waals surface area contributed by atoms with E-state index < -0.39 is 0 Å². The number of hydrogen-bond donors (Lipinski definition) is 1. The van der Waals surface area contributed by atoms with Gasteiger partial charge in [-0.05, 0) is 51.6 Å². The molecule has 0 amide bonds. The van der Waals surface area contributed by atoms with Gasteiger partial charge in [-0.2, -0.15) is 0 Å². The fourth-order valence-corrected chi connectivity index (χ4v) is 3.86. The van der Waals surface area contributed by atoms with Crippen LogP contribution in [-0.2, 0) is 11.2 Å². The van der Waals surface area contributed by atoms with E-state index in [-0.39, 0.29) is 5.60 Å². The van der Waals surface area contributed by atoms with Gasteiger partial charge >= 0.3 is 0 Å². The third kappa shape index (κ3) is 4.55. The third-order valence-electron chi connectivity index (χ3n) is 4.92. The number of likely N-dealkylation sites (N-methyl/N-ethyl adjacent to an activating group) is 1. The van der Waals surface area contributed by atoms with Crippen LogP contribution in [0.15, 0.2) is 30.3 Å². The topological polar surface area (TPSA) is 21.3 Å². The quantitative estimate of drug-likeness (QED) is 0.769. The van der Waals surface area contributed by atoms with Crippen LogP contribution in [0, 0.1) is 0 Å². The molecule has 1 aliphatic rings.